The Hall–Kier alpha value is -2.71. The third-order valence-electron chi connectivity index (χ3n) is 3.74. The Morgan fingerprint density at radius 2 is 1.35 bits per heavy atom. The molecule has 108 valence electrons. The monoisotopic (exact) mass is 319 g/mol. The zero-order valence-corrected chi connectivity index (χ0v) is 12.6. The van der Waals surface area contributed by atoms with Crippen molar-refractivity contribution in [3.63, 3.8) is 0 Å². The predicted octanol–water partition coefficient (Wildman–Crippen LogP) is 6.27. The minimum atomic E-state index is -0.455. The normalized spacial score (nSPS) is 16.3. The SMILES string of the molecule is [2H]c1c([2H])c([2H])c2c(c1[2H])c1nc(-c3ccccc3)sc1c1c([2H])c([2H])c([2H])c([2H])c12. The topological polar surface area (TPSA) is 12.9 Å². The summed E-state index contributed by atoms with van der Waals surface area (Å²) < 4.78 is 66.9. The fourth-order valence-electron chi connectivity index (χ4n) is 2.71. The summed E-state index contributed by atoms with van der Waals surface area (Å²) in [6.45, 7) is 0. The Labute approximate surface area is 149 Å². The molecule has 0 amide bonds. The molecule has 0 spiro atoms. The lowest BCUT2D eigenvalue weighted by atomic mass is 10.0. The van der Waals surface area contributed by atoms with Crippen LogP contribution in [-0.4, -0.2) is 4.98 Å². The third kappa shape index (κ3) is 1.89. The van der Waals surface area contributed by atoms with Crippen LogP contribution in [0.3, 0.4) is 0 Å². The van der Waals surface area contributed by atoms with Gasteiger partial charge in [0.05, 0.1) is 21.2 Å². The summed E-state index contributed by atoms with van der Waals surface area (Å²) in [6, 6.07) is 6.41. The molecule has 0 saturated heterocycles. The molecule has 0 bridgehead atoms. The van der Waals surface area contributed by atoms with E-state index in [1.807, 2.05) is 30.3 Å². The van der Waals surface area contributed by atoms with E-state index < -0.39 is 24.2 Å². The Kier molecular flexibility index (Phi) is 1.54. The highest BCUT2D eigenvalue weighted by Gasteiger charge is 2.13. The molecular formula is C21H13NS. The smallest absolute Gasteiger partial charge is 0.124 e. The number of rotatable bonds is 1. The molecule has 4 aromatic carbocycles. The summed E-state index contributed by atoms with van der Waals surface area (Å²) >= 11 is 1.25. The number of hydrogen-bond donors (Lipinski definition) is 0. The van der Waals surface area contributed by atoms with Gasteiger partial charge in [-0.25, -0.2) is 4.98 Å². The van der Waals surface area contributed by atoms with Gasteiger partial charge in [0.2, 0.25) is 0 Å². The first kappa shape index (κ1) is 7.24. The van der Waals surface area contributed by atoms with Crippen molar-refractivity contribution in [2.24, 2.45) is 0 Å². The minimum Gasteiger partial charge on any atom is -0.235 e. The maximum atomic E-state index is 8.51. The highest BCUT2D eigenvalue weighted by molar-refractivity contribution is 7.22. The maximum absolute atomic E-state index is 8.51. The molecule has 0 atom stereocenters. The van der Waals surface area contributed by atoms with Crippen LogP contribution in [0.4, 0.5) is 0 Å². The lowest BCUT2D eigenvalue weighted by Crippen LogP contribution is -1.80. The molecule has 5 rings (SSSR count). The van der Waals surface area contributed by atoms with Crippen LogP contribution < -0.4 is 0 Å². The van der Waals surface area contributed by atoms with Crippen LogP contribution in [0.1, 0.15) is 11.0 Å². The van der Waals surface area contributed by atoms with Crippen molar-refractivity contribution >= 4 is 43.1 Å². The van der Waals surface area contributed by atoms with E-state index in [1.54, 1.807) is 0 Å². The summed E-state index contributed by atoms with van der Waals surface area (Å²) in [5, 5.41) is 1.13. The second-order valence-corrected chi connectivity index (χ2v) is 6.06. The van der Waals surface area contributed by atoms with E-state index in [0.29, 0.717) is 15.2 Å². The van der Waals surface area contributed by atoms with Gasteiger partial charge in [-0.2, -0.15) is 0 Å². The van der Waals surface area contributed by atoms with Gasteiger partial charge in [0.1, 0.15) is 5.01 Å². The van der Waals surface area contributed by atoms with Gasteiger partial charge < -0.3 is 0 Å². The first-order valence-electron chi connectivity index (χ1n) is 11.0. The van der Waals surface area contributed by atoms with Crippen LogP contribution in [0.2, 0.25) is 0 Å². The average Bonchev–Trinajstić information content (AvgIpc) is 3.22. The van der Waals surface area contributed by atoms with E-state index >= 15 is 0 Å². The Morgan fingerprint density at radius 1 is 0.739 bits per heavy atom. The molecule has 0 saturated carbocycles. The summed E-state index contributed by atoms with van der Waals surface area (Å²) in [6.07, 6.45) is 0. The molecule has 0 aliphatic heterocycles. The largest absolute Gasteiger partial charge is 0.235 e. The maximum Gasteiger partial charge on any atom is 0.124 e. The molecule has 0 unspecified atom stereocenters. The molecule has 0 aliphatic carbocycles. The van der Waals surface area contributed by atoms with Crippen LogP contribution in [0.5, 0.6) is 0 Å². The van der Waals surface area contributed by atoms with Crippen molar-refractivity contribution in [3.05, 3.63) is 78.7 Å². The molecule has 0 radical (unpaired) electrons. The molecular weight excluding hydrogens is 298 g/mol. The molecule has 1 aromatic heterocycles. The fraction of sp³-hybridized carbons (Fsp3) is 0. The second-order valence-electron chi connectivity index (χ2n) is 5.06. The zero-order valence-electron chi connectivity index (χ0n) is 19.7. The van der Waals surface area contributed by atoms with E-state index in [-0.39, 0.29) is 45.7 Å². The molecule has 23 heavy (non-hydrogen) atoms. The Balaban J connectivity index is 2.16. The van der Waals surface area contributed by atoms with Gasteiger partial charge >= 0.3 is 0 Å². The quantitative estimate of drug-likeness (QED) is 0.332. The minimum absolute atomic E-state index is 0.0606. The van der Waals surface area contributed by atoms with Gasteiger partial charge in [-0.05, 0) is 10.8 Å². The van der Waals surface area contributed by atoms with Crippen LogP contribution in [0, 0.1) is 0 Å². The molecule has 0 aliphatic rings. The number of fused-ring (bicyclic) bond motifs is 6. The standard InChI is InChI=1S/C21H13NS/c1-2-8-14(9-3-1)21-22-19-17-12-6-4-10-15(17)16-11-5-7-13-18(16)20(19)23-21/h1-13H/i4D,5D,6D,7D,10D,11D,12D,13D. The molecule has 1 heterocycles. The lowest BCUT2D eigenvalue weighted by molar-refractivity contribution is 1.49. The number of benzene rings is 4. The van der Waals surface area contributed by atoms with E-state index in [2.05, 4.69) is 4.98 Å². The average molecular weight is 319 g/mol. The molecule has 2 heteroatoms. The van der Waals surface area contributed by atoms with Crippen molar-refractivity contribution in [3.8, 4) is 10.6 Å². The summed E-state index contributed by atoms with van der Waals surface area (Å²) in [5.41, 5.74) is 1.12. The summed E-state index contributed by atoms with van der Waals surface area (Å²) in [4.78, 5) is 4.67. The fourth-order valence-corrected chi connectivity index (χ4v) is 3.79. The van der Waals surface area contributed by atoms with E-state index in [4.69, 9.17) is 11.0 Å². The highest BCUT2D eigenvalue weighted by Crippen LogP contribution is 2.40. The van der Waals surface area contributed by atoms with Gasteiger partial charge in [0, 0.05) is 16.3 Å². The molecule has 0 N–H and O–H groups in total. The molecule has 1 nitrogen and oxygen atoms in total. The van der Waals surface area contributed by atoms with Crippen LogP contribution >= 0.6 is 11.3 Å². The summed E-state index contributed by atoms with van der Waals surface area (Å²) in [5.74, 6) is 0. The van der Waals surface area contributed by atoms with Gasteiger partial charge in [0.15, 0.2) is 0 Å². The second kappa shape index (κ2) is 4.90. The molecule has 5 aromatic rings. The van der Waals surface area contributed by atoms with Crippen LogP contribution in [-0.2, 0) is 0 Å². The first-order valence-corrected chi connectivity index (χ1v) is 7.83. The van der Waals surface area contributed by atoms with Crippen molar-refractivity contribution in [2.45, 2.75) is 0 Å². The molecule has 0 fully saturated rings. The van der Waals surface area contributed by atoms with Crippen molar-refractivity contribution in [1.82, 2.24) is 4.98 Å². The van der Waals surface area contributed by atoms with Crippen molar-refractivity contribution < 1.29 is 11.0 Å². The first-order chi connectivity index (χ1) is 14.7. The van der Waals surface area contributed by atoms with Gasteiger partial charge in [-0.15, -0.1) is 11.3 Å². The summed E-state index contributed by atoms with van der Waals surface area (Å²) in [7, 11) is 0. The third-order valence-corrected chi connectivity index (χ3v) is 4.86. The van der Waals surface area contributed by atoms with Gasteiger partial charge in [-0.1, -0.05) is 78.7 Å². The predicted molar refractivity (Wildman–Crippen MR) is 100 cm³/mol. The van der Waals surface area contributed by atoms with E-state index in [1.165, 1.54) is 11.3 Å². The van der Waals surface area contributed by atoms with Crippen molar-refractivity contribution in [1.29, 1.82) is 0 Å². The Bertz CT molecular complexity index is 1460. The van der Waals surface area contributed by atoms with Gasteiger partial charge in [-0.3, -0.25) is 0 Å². The number of hydrogen-bond acceptors (Lipinski definition) is 2. The van der Waals surface area contributed by atoms with Crippen LogP contribution in [0.25, 0.3) is 42.3 Å². The number of thiazole rings is 1. The van der Waals surface area contributed by atoms with Crippen molar-refractivity contribution in [2.75, 3.05) is 0 Å². The lowest BCUT2D eigenvalue weighted by Gasteiger charge is -2.05. The van der Waals surface area contributed by atoms with Gasteiger partial charge in [0.25, 0.3) is 0 Å². The van der Waals surface area contributed by atoms with Crippen LogP contribution in [0.15, 0.2) is 78.7 Å². The highest BCUT2D eigenvalue weighted by atomic mass is 32.1. The number of nitrogens with zero attached hydrogens (tertiary/aromatic N) is 1. The number of aromatic nitrogens is 1. The zero-order chi connectivity index (χ0) is 22.2. The van der Waals surface area contributed by atoms with E-state index in [0.717, 1.165) is 5.56 Å². The Morgan fingerprint density at radius 3 is 2.09 bits per heavy atom. The van der Waals surface area contributed by atoms with E-state index in [9.17, 15) is 0 Å².